The highest BCUT2D eigenvalue weighted by atomic mass is 16.4. The standard InChI is InChI=1S/C14H24N4O2/c1-9(2)10(7-8-15)5-6-12(19)16-14-18-17-13(20-14)11-3-4-11/h9-11H,3-8,15H2,1-2H3,(H,16,18,19). The van der Waals surface area contributed by atoms with E-state index in [9.17, 15) is 4.79 Å². The average Bonchev–Trinajstić information content (AvgIpc) is 3.15. The van der Waals surface area contributed by atoms with Crippen LogP contribution in [0.1, 0.15) is 57.8 Å². The third-order valence-corrected chi connectivity index (χ3v) is 3.84. The van der Waals surface area contributed by atoms with E-state index in [0.29, 0.717) is 36.6 Å². The Morgan fingerprint density at radius 3 is 2.75 bits per heavy atom. The number of nitrogens with one attached hydrogen (secondary N) is 1. The summed E-state index contributed by atoms with van der Waals surface area (Å²) in [5.74, 6) is 2.00. The molecule has 6 nitrogen and oxygen atoms in total. The molecule has 1 atom stereocenters. The van der Waals surface area contributed by atoms with Gasteiger partial charge >= 0.3 is 6.01 Å². The van der Waals surface area contributed by atoms with Crippen molar-refractivity contribution < 1.29 is 9.21 Å². The van der Waals surface area contributed by atoms with Gasteiger partial charge in [0.2, 0.25) is 11.8 Å². The normalized spacial score (nSPS) is 16.4. The second-order valence-electron chi connectivity index (χ2n) is 5.89. The molecule has 1 aliphatic rings. The second-order valence-corrected chi connectivity index (χ2v) is 5.89. The molecule has 1 fully saturated rings. The van der Waals surface area contributed by atoms with E-state index in [0.717, 1.165) is 25.7 Å². The van der Waals surface area contributed by atoms with Gasteiger partial charge in [-0.1, -0.05) is 18.9 Å². The highest BCUT2D eigenvalue weighted by Gasteiger charge is 2.29. The van der Waals surface area contributed by atoms with E-state index in [1.807, 2.05) is 0 Å². The molecule has 3 N–H and O–H groups in total. The average molecular weight is 280 g/mol. The fraction of sp³-hybridized carbons (Fsp3) is 0.786. The smallest absolute Gasteiger partial charge is 0.322 e. The maximum atomic E-state index is 11.9. The number of amides is 1. The van der Waals surface area contributed by atoms with Gasteiger partial charge in [-0.15, -0.1) is 5.10 Å². The van der Waals surface area contributed by atoms with Crippen molar-refractivity contribution >= 4 is 11.9 Å². The molecule has 1 aliphatic carbocycles. The van der Waals surface area contributed by atoms with E-state index in [2.05, 4.69) is 29.4 Å². The Hall–Kier alpha value is -1.43. The molecule has 20 heavy (non-hydrogen) atoms. The van der Waals surface area contributed by atoms with Gasteiger partial charge in [-0.05, 0) is 44.1 Å². The molecule has 112 valence electrons. The zero-order valence-electron chi connectivity index (χ0n) is 12.3. The number of anilines is 1. The van der Waals surface area contributed by atoms with Crippen molar-refractivity contribution in [2.24, 2.45) is 17.6 Å². The minimum absolute atomic E-state index is 0.0707. The molecule has 0 spiro atoms. The fourth-order valence-corrected chi connectivity index (χ4v) is 2.30. The number of nitrogens with two attached hydrogens (primary N) is 1. The number of carbonyl (C=O) groups is 1. The molecule has 1 unspecified atom stereocenters. The summed E-state index contributed by atoms with van der Waals surface area (Å²) < 4.78 is 5.41. The first kappa shape index (κ1) is 15.0. The van der Waals surface area contributed by atoms with Crippen LogP contribution in [0, 0.1) is 11.8 Å². The van der Waals surface area contributed by atoms with Gasteiger partial charge in [-0.2, -0.15) is 0 Å². The van der Waals surface area contributed by atoms with Gasteiger partial charge in [-0.25, -0.2) is 0 Å². The summed E-state index contributed by atoms with van der Waals surface area (Å²) in [5.41, 5.74) is 5.60. The van der Waals surface area contributed by atoms with E-state index in [1.165, 1.54) is 0 Å². The Bertz CT molecular complexity index is 440. The van der Waals surface area contributed by atoms with E-state index in [1.54, 1.807) is 0 Å². The number of aromatic nitrogens is 2. The summed E-state index contributed by atoms with van der Waals surface area (Å²) in [7, 11) is 0. The monoisotopic (exact) mass is 280 g/mol. The van der Waals surface area contributed by atoms with Crippen LogP contribution in [-0.4, -0.2) is 22.6 Å². The van der Waals surface area contributed by atoms with Crippen LogP contribution >= 0.6 is 0 Å². The third-order valence-electron chi connectivity index (χ3n) is 3.84. The maximum Gasteiger partial charge on any atom is 0.322 e. The molecule has 6 heteroatoms. The first-order valence-electron chi connectivity index (χ1n) is 7.43. The molecule has 1 aromatic rings. The molecule has 0 bridgehead atoms. The number of hydrogen-bond donors (Lipinski definition) is 2. The highest BCUT2D eigenvalue weighted by molar-refractivity contribution is 5.88. The quantitative estimate of drug-likeness (QED) is 0.762. The van der Waals surface area contributed by atoms with Crippen LogP contribution < -0.4 is 11.1 Å². The first-order chi connectivity index (χ1) is 9.60. The van der Waals surface area contributed by atoms with Gasteiger partial charge in [0, 0.05) is 12.3 Å². The van der Waals surface area contributed by atoms with Crippen LogP contribution in [0.4, 0.5) is 6.01 Å². The predicted octanol–water partition coefficient (Wildman–Crippen LogP) is 2.29. The summed E-state index contributed by atoms with van der Waals surface area (Å²) in [6.07, 6.45) is 4.46. The fourth-order valence-electron chi connectivity index (χ4n) is 2.30. The minimum atomic E-state index is -0.0707. The summed E-state index contributed by atoms with van der Waals surface area (Å²) in [5, 5.41) is 10.5. The number of hydrogen-bond acceptors (Lipinski definition) is 5. The Morgan fingerprint density at radius 2 is 2.15 bits per heavy atom. The minimum Gasteiger partial charge on any atom is -0.408 e. The summed E-state index contributed by atoms with van der Waals surface area (Å²) in [4.78, 5) is 11.9. The lowest BCUT2D eigenvalue weighted by Gasteiger charge is -2.19. The van der Waals surface area contributed by atoms with Crippen LogP contribution in [-0.2, 0) is 4.79 Å². The van der Waals surface area contributed by atoms with Gasteiger partial charge < -0.3 is 10.2 Å². The Morgan fingerprint density at radius 1 is 1.40 bits per heavy atom. The lowest BCUT2D eigenvalue weighted by atomic mass is 9.88. The van der Waals surface area contributed by atoms with Crippen molar-refractivity contribution in [3.8, 4) is 0 Å². The van der Waals surface area contributed by atoms with Crippen molar-refractivity contribution in [2.75, 3.05) is 11.9 Å². The lowest BCUT2D eigenvalue weighted by molar-refractivity contribution is -0.116. The van der Waals surface area contributed by atoms with Crippen LogP contribution in [0.3, 0.4) is 0 Å². The van der Waals surface area contributed by atoms with Gasteiger partial charge in [-0.3, -0.25) is 10.1 Å². The molecule has 2 rings (SSSR count). The van der Waals surface area contributed by atoms with E-state index < -0.39 is 0 Å². The van der Waals surface area contributed by atoms with E-state index in [-0.39, 0.29) is 11.9 Å². The molecule has 0 aliphatic heterocycles. The second kappa shape index (κ2) is 6.83. The molecule has 0 radical (unpaired) electrons. The van der Waals surface area contributed by atoms with Gasteiger partial charge in [0.15, 0.2) is 0 Å². The van der Waals surface area contributed by atoms with Crippen LogP contribution in [0.2, 0.25) is 0 Å². The molecule has 1 amide bonds. The molecular formula is C14H24N4O2. The van der Waals surface area contributed by atoms with Crippen molar-refractivity contribution in [1.29, 1.82) is 0 Å². The molecule has 1 aromatic heterocycles. The summed E-state index contributed by atoms with van der Waals surface area (Å²) >= 11 is 0. The van der Waals surface area contributed by atoms with E-state index in [4.69, 9.17) is 10.2 Å². The van der Waals surface area contributed by atoms with Crippen molar-refractivity contribution in [1.82, 2.24) is 10.2 Å². The maximum absolute atomic E-state index is 11.9. The van der Waals surface area contributed by atoms with Gasteiger partial charge in [0.05, 0.1) is 0 Å². The number of rotatable bonds is 8. The molecule has 0 aromatic carbocycles. The highest BCUT2D eigenvalue weighted by Crippen LogP contribution is 2.39. The third kappa shape index (κ3) is 4.30. The van der Waals surface area contributed by atoms with Crippen LogP contribution in [0.25, 0.3) is 0 Å². The summed E-state index contributed by atoms with van der Waals surface area (Å²) in [6, 6.07) is 0.219. The van der Waals surface area contributed by atoms with Crippen LogP contribution in [0.5, 0.6) is 0 Å². The molecule has 1 saturated carbocycles. The topological polar surface area (TPSA) is 94.0 Å². The lowest BCUT2D eigenvalue weighted by Crippen LogP contribution is -2.18. The Balaban J connectivity index is 1.76. The largest absolute Gasteiger partial charge is 0.408 e. The van der Waals surface area contributed by atoms with Crippen molar-refractivity contribution in [2.45, 2.75) is 51.9 Å². The Kier molecular flexibility index (Phi) is 5.11. The zero-order valence-corrected chi connectivity index (χ0v) is 12.3. The van der Waals surface area contributed by atoms with Gasteiger partial charge in [0.25, 0.3) is 0 Å². The first-order valence-corrected chi connectivity index (χ1v) is 7.43. The van der Waals surface area contributed by atoms with Crippen molar-refractivity contribution in [3.05, 3.63) is 5.89 Å². The number of nitrogens with zero attached hydrogens (tertiary/aromatic N) is 2. The SMILES string of the molecule is CC(C)C(CCN)CCC(=O)Nc1nnc(C2CC2)o1. The Labute approximate surface area is 119 Å². The van der Waals surface area contributed by atoms with Crippen molar-refractivity contribution in [3.63, 3.8) is 0 Å². The molecule has 1 heterocycles. The zero-order chi connectivity index (χ0) is 14.5. The predicted molar refractivity (Wildman–Crippen MR) is 76.1 cm³/mol. The van der Waals surface area contributed by atoms with Gasteiger partial charge in [0.1, 0.15) is 0 Å². The molecule has 0 saturated heterocycles. The number of carbonyl (C=O) groups excluding carboxylic acids is 1. The van der Waals surface area contributed by atoms with E-state index >= 15 is 0 Å². The van der Waals surface area contributed by atoms with Crippen LogP contribution in [0.15, 0.2) is 4.42 Å². The summed E-state index contributed by atoms with van der Waals surface area (Å²) in [6.45, 7) is 5.00. The molecular weight excluding hydrogens is 256 g/mol.